The molecule has 0 radical (unpaired) electrons. The van der Waals surface area contributed by atoms with Gasteiger partial charge in [0, 0.05) is 25.3 Å². The lowest BCUT2D eigenvalue weighted by molar-refractivity contribution is 0.164. The molecule has 1 saturated carbocycles. The van der Waals surface area contributed by atoms with Crippen LogP contribution in [0, 0.1) is 5.92 Å². The Morgan fingerprint density at radius 2 is 2.30 bits per heavy atom. The van der Waals surface area contributed by atoms with Crippen LogP contribution < -0.4 is 0 Å². The quantitative estimate of drug-likeness (QED) is 0.722. The average molecular weight is 303 g/mol. The minimum atomic E-state index is -3.70. The van der Waals surface area contributed by atoms with Crippen molar-refractivity contribution >= 4 is 10.0 Å². The second-order valence-corrected chi connectivity index (χ2v) is 6.90. The molecule has 0 aromatic carbocycles. The standard InChI is InChI=1S/C12H21N3O4S/c1-9(10-3-4-10)15(5-6-19-2)20(17,18)12-11(8-16)7-13-14-12/h7,9-10,16H,3-6,8H2,1-2H3,(H,13,14). The second kappa shape index (κ2) is 6.21. The van der Waals surface area contributed by atoms with Crippen LogP contribution in [0.25, 0.3) is 0 Å². The predicted molar refractivity (Wildman–Crippen MR) is 72.5 cm³/mol. The van der Waals surface area contributed by atoms with Crippen molar-refractivity contribution in [3.8, 4) is 0 Å². The molecule has 2 rings (SSSR count). The van der Waals surface area contributed by atoms with Gasteiger partial charge >= 0.3 is 0 Å². The SMILES string of the molecule is COCCN(C(C)C1CC1)S(=O)(=O)c1[nH]ncc1CO. The largest absolute Gasteiger partial charge is 0.392 e. The molecule has 0 aliphatic heterocycles. The molecule has 1 aromatic rings. The third-order valence-electron chi connectivity index (χ3n) is 3.69. The molecular weight excluding hydrogens is 282 g/mol. The molecular formula is C12H21N3O4S. The Bertz CT molecular complexity index is 539. The van der Waals surface area contributed by atoms with Crippen LogP contribution in [-0.4, -0.2) is 54.3 Å². The fourth-order valence-electron chi connectivity index (χ4n) is 2.29. The summed E-state index contributed by atoms with van der Waals surface area (Å²) in [6.07, 6.45) is 3.44. The van der Waals surface area contributed by atoms with Gasteiger partial charge in [-0.2, -0.15) is 9.40 Å². The highest BCUT2D eigenvalue weighted by Gasteiger charge is 2.39. The first-order valence-electron chi connectivity index (χ1n) is 6.66. The van der Waals surface area contributed by atoms with Crippen LogP contribution in [0.1, 0.15) is 25.3 Å². The summed E-state index contributed by atoms with van der Waals surface area (Å²) >= 11 is 0. The summed E-state index contributed by atoms with van der Waals surface area (Å²) in [5.41, 5.74) is 0.287. The number of aliphatic hydroxyl groups excluding tert-OH is 1. The second-order valence-electron chi connectivity index (χ2n) is 5.07. The van der Waals surface area contributed by atoms with Gasteiger partial charge in [-0.05, 0) is 25.7 Å². The summed E-state index contributed by atoms with van der Waals surface area (Å²) in [6.45, 7) is 2.18. The van der Waals surface area contributed by atoms with E-state index in [1.807, 2.05) is 6.92 Å². The first kappa shape index (κ1) is 15.4. The summed E-state index contributed by atoms with van der Waals surface area (Å²) in [4.78, 5) is 0. The average Bonchev–Trinajstić information content (AvgIpc) is 3.15. The van der Waals surface area contributed by atoms with Crippen molar-refractivity contribution in [2.24, 2.45) is 5.92 Å². The molecule has 0 saturated heterocycles. The van der Waals surface area contributed by atoms with E-state index in [4.69, 9.17) is 4.74 Å². The Balaban J connectivity index is 2.30. The van der Waals surface area contributed by atoms with Gasteiger partial charge in [0.25, 0.3) is 10.0 Å². The first-order chi connectivity index (χ1) is 9.52. The molecule has 1 aliphatic carbocycles. The van der Waals surface area contributed by atoms with Gasteiger partial charge in [0.1, 0.15) is 0 Å². The fourth-order valence-corrected chi connectivity index (χ4v) is 4.07. The van der Waals surface area contributed by atoms with Crippen LogP contribution in [-0.2, 0) is 21.4 Å². The summed E-state index contributed by atoms with van der Waals surface area (Å²) < 4.78 is 31.9. The number of nitrogens with one attached hydrogen (secondary N) is 1. The van der Waals surface area contributed by atoms with Gasteiger partial charge in [-0.25, -0.2) is 8.42 Å². The van der Waals surface area contributed by atoms with E-state index in [9.17, 15) is 13.5 Å². The molecule has 20 heavy (non-hydrogen) atoms. The number of sulfonamides is 1. The molecule has 2 N–H and O–H groups in total. The van der Waals surface area contributed by atoms with Gasteiger partial charge in [0.15, 0.2) is 5.03 Å². The van der Waals surface area contributed by atoms with E-state index in [0.717, 1.165) is 12.8 Å². The van der Waals surface area contributed by atoms with Gasteiger partial charge in [0.05, 0.1) is 19.4 Å². The van der Waals surface area contributed by atoms with E-state index < -0.39 is 10.0 Å². The molecule has 114 valence electrons. The topological polar surface area (TPSA) is 95.5 Å². The van der Waals surface area contributed by atoms with E-state index >= 15 is 0 Å². The van der Waals surface area contributed by atoms with Gasteiger partial charge in [0.2, 0.25) is 0 Å². The third-order valence-corrected chi connectivity index (χ3v) is 5.69. The van der Waals surface area contributed by atoms with E-state index in [-0.39, 0.29) is 23.2 Å². The number of aliphatic hydroxyl groups is 1. The molecule has 1 aliphatic rings. The van der Waals surface area contributed by atoms with Crippen molar-refractivity contribution in [1.82, 2.24) is 14.5 Å². The summed E-state index contributed by atoms with van der Waals surface area (Å²) in [7, 11) is -2.16. The van der Waals surface area contributed by atoms with Gasteiger partial charge in [-0.1, -0.05) is 0 Å². The van der Waals surface area contributed by atoms with Crippen LogP contribution in [0.4, 0.5) is 0 Å². The first-order valence-corrected chi connectivity index (χ1v) is 8.10. The van der Waals surface area contributed by atoms with E-state index in [1.54, 1.807) is 7.11 Å². The summed E-state index contributed by atoms with van der Waals surface area (Å²) in [6, 6.07) is -0.0787. The van der Waals surface area contributed by atoms with Crippen LogP contribution in [0.5, 0.6) is 0 Å². The van der Waals surface area contributed by atoms with Gasteiger partial charge in [-0.3, -0.25) is 5.10 Å². The Hall–Kier alpha value is -0.960. The number of aromatic amines is 1. The molecule has 1 fully saturated rings. The van der Waals surface area contributed by atoms with Crippen molar-refractivity contribution in [3.63, 3.8) is 0 Å². The fraction of sp³-hybridized carbons (Fsp3) is 0.750. The number of H-pyrrole nitrogens is 1. The molecule has 0 bridgehead atoms. The maximum Gasteiger partial charge on any atom is 0.260 e. The lowest BCUT2D eigenvalue weighted by Crippen LogP contribution is -2.42. The summed E-state index contributed by atoms with van der Waals surface area (Å²) in [5.74, 6) is 0.405. The minimum Gasteiger partial charge on any atom is -0.392 e. The van der Waals surface area contributed by atoms with Crippen molar-refractivity contribution in [2.75, 3.05) is 20.3 Å². The predicted octanol–water partition coefficient (Wildman–Crippen LogP) is 0.338. The van der Waals surface area contributed by atoms with Crippen LogP contribution in [0.2, 0.25) is 0 Å². The molecule has 1 heterocycles. The molecule has 1 aromatic heterocycles. The van der Waals surface area contributed by atoms with Crippen LogP contribution >= 0.6 is 0 Å². The number of methoxy groups -OCH3 is 1. The zero-order valence-corrected chi connectivity index (χ0v) is 12.6. The normalized spacial score (nSPS) is 17.6. The van der Waals surface area contributed by atoms with Crippen LogP contribution in [0.3, 0.4) is 0 Å². The Morgan fingerprint density at radius 3 is 2.85 bits per heavy atom. The highest BCUT2D eigenvalue weighted by molar-refractivity contribution is 7.89. The number of rotatable bonds is 8. The van der Waals surface area contributed by atoms with Crippen molar-refractivity contribution in [1.29, 1.82) is 0 Å². The highest BCUT2D eigenvalue weighted by atomic mass is 32.2. The molecule has 7 nitrogen and oxygen atoms in total. The van der Waals surface area contributed by atoms with Crippen molar-refractivity contribution < 1.29 is 18.3 Å². The third kappa shape index (κ3) is 3.03. The Kier molecular flexibility index (Phi) is 4.79. The van der Waals surface area contributed by atoms with E-state index in [0.29, 0.717) is 19.1 Å². The van der Waals surface area contributed by atoms with E-state index in [1.165, 1.54) is 10.5 Å². The molecule has 0 amide bonds. The highest BCUT2D eigenvalue weighted by Crippen LogP contribution is 2.37. The number of aromatic nitrogens is 2. The zero-order chi connectivity index (χ0) is 14.8. The summed E-state index contributed by atoms with van der Waals surface area (Å²) in [5, 5.41) is 15.4. The Morgan fingerprint density at radius 1 is 1.60 bits per heavy atom. The lowest BCUT2D eigenvalue weighted by Gasteiger charge is -2.27. The molecule has 1 atom stereocenters. The number of hydrogen-bond acceptors (Lipinski definition) is 5. The number of hydrogen-bond donors (Lipinski definition) is 2. The zero-order valence-electron chi connectivity index (χ0n) is 11.7. The molecule has 0 spiro atoms. The maximum absolute atomic E-state index is 12.7. The van der Waals surface area contributed by atoms with E-state index in [2.05, 4.69) is 10.2 Å². The van der Waals surface area contributed by atoms with Crippen molar-refractivity contribution in [3.05, 3.63) is 11.8 Å². The monoisotopic (exact) mass is 303 g/mol. The number of nitrogens with zero attached hydrogens (tertiary/aromatic N) is 2. The smallest absolute Gasteiger partial charge is 0.260 e. The molecule has 1 unspecified atom stereocenters. The number of ether oxygens (including phenoxy) is 1. The minimum absolute atomic E-state index is 0.0244. The Labute approximate surface area is 119 Å². The van der Waals surface area contributed by atoms with Gasteiger partial charge in [-0.15, -0.1) is 0 Å². The van der Waals surface area contributed by atoms with Crippen molar-refractivity contribution in [2.45, 2.75) is 37.4 Å². The molecule has 8 heteroatoms. The van der Waals surface area contributed by atoms with Crippen LogP contribution in [0.15, 0.2) is 11.2 Å². The van der Waals surface area contributed by atoms with Gasteiger partial charge < -0.3 is 9.84 Å². The maximum atomic E-state index is 12.7. The lowest BCUT2D eigenvalue weighted by atomic mass is 10.2.